The Balaban J connectivity index is 1.61. The van der Waals surface area contributed by atoms with Crippen LogP contribution in [0.4, 0.5) is 11.6 Å². The zero-order chi connectivity index (χ0) is 16.8. The van der Waals surface area contributed by atoms with Gasteiger partial charge in [-0.15, -0.1) is 0 Å². The molecule has 0 radical (unpaired) electrons. The quantitative estimate of drug-likeness (QED) is 0.733. The Morgan fingerprint density at radius 2 is 1.92 bits per heavy atom. The SMILES string of the molecule is CN(CCc1ccncc1)c1cc(N2CCN(C=O)CC2)ncn1. The van der Waals surface area contributed by atoms with Gasteiger partial charge in [-0.05, 0) is 24.1 Å². The van der Waals surface area contributed by atoms with Crippen LogP contribution >= 0.6 is 0 Å². The highest BCUT2D eigenvalue weighted by Crippen LogP contribution is 2.18. The maximum atomic E-state index is 10.8. The number of pyridine rings is 1. The highest BCUT2D eigenvalue weighted by molar-refractivity contribution is 5.52. The average Bonchev–Trinajstić information content (AvgIpc) is 2.67. The Morgan fingerprint density at radius 1 is 1.17 bits per heavy atom. The maximum absolute atomic E-state index is 10.8. The number of rotatable bonds is 6. The third kappa shape index (κ3) is 3.98. The van der Waals surface area contributed by atoms with Crippen molar-refractivity contribution in [3.63, 3.8) is 0 Å². The van der Waals surface area contributed by atoms with E-state index in [9.17, 15) is 4.79 Å². The predicted octanol–water partition coefficient (Wildman–Crippen LogP) is 0.829. The molecule has 1 aliphatic heterocycles. The van der Waals surface area contributed by atoms with E-state index in [2.05, 4.69) is 24.8 Å². The van der Waals surface area contributed by atoms with Gasteiger partial charge in [0.25, 0.3) is 0 Å². The van der Waals surface area contributed by atoms with Crippen molar-refractivity contribution in [3.8, 4) is 0 Å². The zero-order valence-electron chi connectivity index (χ0n) is 13.9. The molecule has 7 heteroatoms. The first kappa shape index (κ1) is 16.2. The molecule has 0 aromatic carbocycles. The molecule has 0 spiro atoms. The summed E-state index contributed by atoms with van der Waals surface area (Å²) < 4.78 is 0. The van der Waals surface area contributed by atoms with Gasteiger partial charge in [-0.25, -0.2) is 9.97 Å². The Kier molecular flexibility index (Phi) is 5.20. The Bertz CT molecular complexity index is 657. The molecule has 1 fully saturated rings. The molecule has 0 atom stereocenters. The standard InChI is InChI=1S/C17H22N6O/c1-21(7-4-15-2-5-18-6-3-15)16-12-17(20-13-19-16)23-10-8-22(14-24)9-11-23/h2-3,5-6,12-14H,4,7-11H2,1H3. The van der Waals surface area contributed by atoms with Crippen molar-refractivity contribution in [1.29, 1.82) is 0 Å². The molecule has 0 unspecified atom stereocenters. The normalized spacial score (nSPS) is 14.5. The molecule has 7 nitrogen and oxygen atoms in total. The minimum atomic E-state index is 0.737. The van der Waals surface area contributed by atoms with E-state index in [1.54, 1.807) is 11.2 Å². The molecule has 1 aliphatic rings. The molecule has 0 N–H and O–H groups in total. The molecule has 2 aromatic rings. The molecule has 0 saturated carbocycles. The van der Waals surface area contributed by atoms with E-state index in [0.717, 1.165) is 57.2 Å². The second-order valence-corrected chi connectivity index (χ2v) is 5.89. The summed E-state index contributed by atoms with van der Waals surface area (Å²) >= 11 is 0. The average molecular weight is 326 g/mol. The minimum Gasteiger partial charge on any atom is -0.359 e. The maximum Gasteiger partial charge on any atom is 0.209 e. The largest absolute Gasteiger partial charge is 0.359 e. The van der Waals surface area contributed by atoms with E-state index in [-0.39, 0.29) is 0 Å². The van der Waals surface area contributed by atoms with Crippen LogP contribution in [0, 0.1) is 0 Å². The van der Waals surface area contributed by atoms with Crippen LogP contribution in [0.2, 0.25) is 0 Å². The van der Waals surface area contributed by atoms with Gasteiger partial charge in [-0.1, -0.05) is 0 Å². The van der Waals surface area contributed by atoms with E-state index >= 15 is 0 Å². The van der Waals surface area contributed by atoms with Crippen molar-refractivity contribution in [3.05, 3.63) is 42.5 Å². The fraction of sp³-hybridized carbons (Fsp3) is 0.412. The fourth-order valence-electron chi connectivity index (χ4n) is 2.74. The van der Waals surface area contributed by atoms with Crippen LogP contribution in [-0.4, -0.2) is 66.0 Å². The van der Waals surface area contributed by atoms with E-state index in [4.69, 9.17) is 0 Å². The number of piperazine rings is 1. The third-order valence-corrected chi connectivity index (χ3v) is 4.30. The van der Waals surface area contributed by atoms with Gasteiger partial charge in [0, 0.05) is 58.2 Å². The van der Waals surface area contributed by atoms with Crippen molar-refractivity contribution in [2.24, 2.45) is 0 Å². The molecule has 3 rings (SSSR count). The molecule has 0 aliphatic carbocycles. The number of likely N-dealkylation sites (N-methyl/N-ethyl adjacent to an activating group) is 1. The summed E-state index contributed by atoms with van der Waals surface area (Å²) in [5.74, 6) is 1.83. The van der Waals surface area contributed by atoms with Crippen molar-refractivity contribution in [2.75, 3.05) is 49.6 Å². The number of hydrogen-bond acceptors (Lipinski definition) is 6. The number of hydrogen-bond donors (Lipinski definition) is 0. The first-order chi connectivity index (χ1) is 11.8. The molecule has 24 heavy (non-hydrogen) atoms. The van der Waals surface area contributed by atoms with Crippen LogP contribution in [0.5, 0.6) is 0 Å². The van der Waals surface area contributed by atoms with Gasteiger partial charge in [0.15, 0.2) is 0 Å². The summed E-state index contributed by atoms with van der Waals surface area (Å²) in [7, 11) is 2.04. The first-order valence-electron chi connectivity index (χ1n) is 8.12. The van der Waals surface area contributed by atoms with Crippen molar-refractivity contribution >= 4 is 18.0 Å². The van der Waals surface area contributed by atoms with Gasteiger partial charge in [-0.2, -0.15) is 0 Å². The molecule has 2 aromatic heterocycles. The smallest absolute Gasteiger partial charge is 0.209 e. The number of nitrogens with zero attached hydrogens (tertiary/aromatic N) is 6. The second-order valence-electron chi connectivity index (χ2n) is 5.89. The summed E-state index contributed by atoms with van der Waals surface area (Å²) in [6.07, 6.45) is 7.10. The highest BCUT2D eigenvalue weighted by atomic mass is 16.1. The number of carbonyl (C=O) groups is 1. The van der Waals surface area contributed by atoms with E-state index < -0.39 is 0 Å². The van der Waals surface area contributed by atoms with E-state index in [1.165, 1.54) is 5.56 Å². The number of carbonyl (C=O) groups excluding carboxylic acids is 1. The van der Waals surface area contributed by atoms with Crippen LogP contribution in [0.25, 0.3) is 0 Å². The molecule has 1 amide bonds. The van der Waals surface area contributed by atoms with E-state index in [1.807, 2.05) is 37.6 Å². The van der Waals surface area contributed by atoms with Crippen LogP contribution < -0.4 is 9.80 Å². The lowest BCUT2D eigenvalue weighted by molar-refractivity contribution is -0.118. The van der Waals surface area contributed by atoms with Gasteiger partial charge in [0.2, 0.25) is 6.41 Å². The van der Waals surface area contributed by atoms with Gasteiger partial charge in [-0.3, -0.25) is 9.78 Å². The summed E-state index contributed by atoms with van der Waals surface area (Å²) in [4.78, 5) is 29.7. The second kappa shape index (κ2) is 7.72. The van der Waals surface area contributed by atoms with Gasteiger partial charge < -0.3 is 14.7 Å². The monoisotopic (exact) mass is 326 g/mol. The molecule has 3 heterocycles. The summed E-state index contributed by atoms with van der Waals surface area (Å²) in [5.41, 5.74) is 1.26. The lowest BCUT2D eigenvalue weighted by Gasteiger charge is -2.33. The van der Waals surface area contributed by atoms with Crippen LogP contribution in [0.15, 0.2) is 36.9 Å². The van der Waals surface area contributed by atoms with Gasteiger partial charge in [0.05, 0.1) is 0 Å². The lowest BCUT2D eigenvalue weighted by Crippen LogP contribution is -2.46. The predicted molar refractivity (Wildman–Crippen MR) is 93.1 cm³/mol. The number of anilines is 2. The van der Waals surface area contributed by atoms with Crippen molar-refractivity contribution < 1.29 is 4.79 Å². The Hall–Kier alpha value is -2.70. The van der Waals surface area contributed by atoms with Crippen LogP contribution in [0.3, 0.4) is 0 Å². The topological polar surface area (TPSA) is 65.5 Å². The van der Waals surface area contributed by atoms with Crippen molar-refractivity contribution in [2.45, 2.75) is 6.42 Å². The molecule has 126 valence electrons. The summed E-state index contributed by atoms with van der Waals surface area (Å²) in [6.45, 7) is 3.95. The highest BCUT2D eigenvalue weighted by Gasteiger charge is 2.17. The first-order valence-corrected chi connectivity index (χ1v) is 8.12. The molecule has 0 bridgehead atoms. The van der Waals surface area contributed by atoms with Crippen molar-refractivity contribution in [1.82, 2.24) is 19.9 Å². The molecule has 1 saturated heterocycles. The Labute approximate surface area is 142 Å². The van der Waals surface area contributed by atoms with Gasteiger partial charge in [0.1, 0.15) is 18.0 Å². The zero-order valence-corrected chi connectivity index (χ0v) is 13.9. The third-order valence-electron chi connectivity index (χ3n) is 4.30. The van der Waals surface area contributed by atoms with Gasteiger partial charge >= 0.3 is 0 Å². The fourth-order valence-corrected chi connectivity index (χ4v) is 2.74. The molecular formula is C17H22N6O. The van der Waals surface area contributed by atoms with Crippen LogP contribution in [0.1, 0.15) is 5.56 Å². The Morgan fingerprint density at radius 3 is 2.62 bits per heavy atom. The number of aromatic nitrogens is 3. The summed E-state index contributed by atoms with van der Waals surface area (Å²) in [5, 5.41) is 0. The number of amides is 1. The molecular weight excluding hydrogens is 304 g/mol. The lowest BCUT2D eigenvalue weighted by atomic mass is 10.2. The van der Waals surface area contributed by atoms with E-state index in [0.29, 0.717) is 0 Å². The van der Waals surface area contributed by atoms with Crippen LogP contribution in [-0.2, 0) is 11.2 Å². The minimum absolute atomic E-state index is 0.737. The summed E-state index contributed by atoms with van der Waals surface area (Å²) in [6, 6.07) is 6.08.